The van der Waals surface area contributed by atoms with Gasteiger partial charge in [0.15, 0.2) is 0 Å². The topological polar surface area (TPSA) is 79.0 Å². The summed E-state index contributed by atoms with van der Waals surface area (Å²) in [5, 5.41) is 2.79. The van der Waals surface area contributed by atoms with Gasteiger partial charge in [0.2, 0.25) is 10.0 Å². The van der Waals surface area contributed by atoms with Crippen LogP contribution < -0.4 is 5.32 Å². The number of nitrogens with one attached hydrogen (secondary N) is 1. The van der Waals surface area contributed by atoms with E-state index in [1.54, 1.807) is 36.2 Å². The fraction of sp³-hybridized carbons (Fsp3) is 0.533. The van der Waals surface area contributed by atoms with Crippen molar-refractivity contribution in [2.75, 3.05) is 32.0 Å². The molecule has 9 heteroatoms. The number of anilines is 1. The molecule has 130 valence electrons. The van der Waals surface area contributed by atoms with Crippen molar-refractivity contribution >= 4 is 33.3 Å². The molecule has 0 unspecified atom stereocenters. The highest BCUT2D eigenvalue weighted by Gasteiger charge is 2.64. The van der Waals surface area contributed by atoms with E-state index in [1.807, 2.05) is 0 Å². The van der Waals surface area contributed by atoms with E-state index >= 15 is 0 Å². The number of likely N-dealkylation sites (N-methyl/N-ethyl adjacent to an activating group) is 1. The molecular weight excluding hydrogens is 354 g/mol. The molecule has 24 heavy (non-hydrogen) atoms. The minimum absolute atomic E-state index is 0.239. The molecule has 7 nitrogen and oxygen atoms in total. The lowest BCUT2D eigenvalue weighted by atomic mass is 9.99. The number of amides is 2. The van der Waals surface area contributed by atoms with Crippen LogP contribution in [-0.2, 0) is 14.8 Å². The number of fused-ring (bicyclic) bond motifs is 1. The number of nitrogens with zero attached hydrogens (tertiary/aromatic N) is 2. The van der Waals surface area contributed by atoms with Crippen molar-refractivity contribution in [3.8, 4) is 0 Å². The summed E-state index contributed by atoms with van der Waals surface area (Å²) in [4.78, 5) is 14.2. The number of rotatable bonds is 1. The van der Waals surface area contributed by atoms with Gasteiger partial charge in [-0.3, -0.25) is 0 Å². The van der Waals surface area contributed by atoms with Crippen LogP contribution in [0.1, 0.15) is 6.42 Å². The number of ether oxygens (including phenoxy) is 1. The van der Waals surface area contributed by atoms with Crippen LogP contribution in [-0.4, -0.2) is 67.3 Å². The van der Waals surface area contributed by atoms with Gasteiger partial charge in [-0.05, 0) is 24.6 Å². The first-order chi connectivity index (χ1) is 11.3. The Morgan fingerprint density at radius 3 is 2.96 bits per heavy atom. The summed E-state index contributed by atoms with van der Waals surface area (Å²) < 4.78 is 32.2. The fourth-order valence-electron chi connectivity index (χ4n) is 3.98. The maximum Gasteiger partial charge on any atom is 0.322 e. The molecule has 1 N–H and O–H groups in total. The van der Waals surface area contributed by atoms with Crippen LogP contribution in [0.3, 0.4) is 0 Å². The van der Waals surface area contributed by atoms with E-state index in [0.29, 0.717) is 23.7 Å². The maximum absolute atomic E-state index is 12.6. The molecule has 3 heterocycles. The van der Waals surface area contributed by atoms with E-state index in [4.69, 9.17) is 16.3 Å². The highest BCUT2D eigenvalue weighted by atomic mass is 35.5. The van der Waals surface area contributed by atoms with Gasteiger partial charge in [-0.25, -0.2) is 17.5 Å². The third kappa shape index (κ3) is 2.40. The third-order valence-corrected chi connectivity index (χ3v) is 7.57. The summed E-state index contributed by atoms with van der Waals surface area (Å²) in [6.07, 6.45) is 0.200. The SMILES string of the molecule is CN1C[C@@]23CN(C(=O)Nc4cccc(Cl)c4)C[C@@H](C[C@@H]2S1(=O)=O)O3. The number of carbonyl (C=O) groups excluding carboxylic acids is 1. The van der Waals surface area contributed by atoms with E-state index in [-0.39, 0.29) is 25.2 Å². The van der Waals surface area contributed by atoms with E-state index in [1.165, 1.54) is 4.31 Å². The molecule has 0 radical (unpaired) electrons. The van der Waals surface area contributed by atoms with Crippen LogP contribution in [0.5, 0.6) is 0 Å². The van der Waals surface area contributed by atoms with Crippen molar-refractivity contribution in [3.05, 3.63) is 29.3 Å². The number of morpholine rings is 1. The Hall–Kier alpha value is -1.35. The number of likely N-dealkylation sites (tertiary alicyclic amines) is 1. The summed E-state index contributed by atoms with van der Waals surface area (Å²) >= 11 is 5.93. The van der Waals surface area contributed by atoms with Crippen LogP contribution in [0, 0.1) is 0 Å². The molecule has 2 amide bonds. The van der Waals surface area contributed by atoms with Gasteiger partial charge in [-0.15, -0.1) is 0 Å². The highest BCUT2D eigenvalue weighted by Crippen LogP contribution is 2.45. The van der Waals surface area contributed by atoms with Gasteiger partial charge in [0.1, 0.15) is 10.9 Å². The van der Waals surface area contributed by atoms with Crippen molar-refractivity contribution in [1.82, 2.24) is 9.21 Å². The largest absolute Gasteiger partial charge is 0.365 e. The Morgan fingerprint density at radius 1 is 1.42 bits per heavy atom. The zero-order chi connectivity index (χ0) is 17.1. The molecule has 3 saturated heterocycles. The van der Waals surface area contributed by atoms with Gasteiger partial charge in [-0.2, -0.15) is 0 Å². The molecule has 4 rings (SSSR count). The second kappa shape index (κ2) is 5.32. The van der Waals surface area contributed by atoms with Crippen LogP contribution in [0.4, 0.5) is 10.5 Å². The molecule has 3 aliphatic heterocycles. The van der Waals surface area contributed by atoms with Gasteiger partial charge in [-0.1, -0.05) is 17.7 Å². The van der Waals surface area contributed by atoms with E-state index in [2.05, 4.69) is 5.32 Å². The molecule has 1 spiro atoms. The number of sulfonamides is 1. The standard InChI is InChI=1S/C15H18ClN3O4S/c1-18-8-15-9-19(7-12(23-15)6-13(15)24(18,21)22)14(20)17-11-4-2-3-10(16)5-11/h2-5,12-13H,6-9H2,1H3,(H,17,20)/t12-,13+,15-/m1/s1. The van der Waals surface area contributed by atoms with E-state index < -0.39 is 20.9 Å². The number of urea groups is 1. The smallest absolute Gasteiger partial charge is 0.322 e. The zero-order valence-electron chi connectivity index (χ0n) is 13.1. The number of hydrogen-bond donors (Lipinski definition) is 1. The normalized spacial score (nSPS) is 34.2. The Morgan fingerprint density at radius 2 is 2.21 bits per heavy atom. The number of halogens is 1. The van der Waals surface area contributed by atoms with Gasteiger partial charge >= 0.3 is 6.03 Å². The number of hydrogen-bond acceptors (Lipinski definition) is 4. The van der Waals surface area contributed by atoms with Crippen LogP contribution in [0.2, 0.25) is 5.02 Å². The summed E-state index contributed by atoms with van der Waals surface area (Å²) in [5.74, 6) is 0. The first-order valence-corrected chi connectivity index (χ1v) is 9.63. The number of benzene rings is 1. The summed E-state index contributed by atoms with van der Waals surface area (Å²) in [6, 6.07) is 6.65. The molecule has 2 bridgehead atoms. The zero-order valence-corrected chi connectivity index (χ0v) is 14.7. The van der Waals surface area contributed by atoms with Crippen molar-refractivity contribution < 1.29 is 17.9 Å². The fourth-order valence-corrected chi connectivity index (χ4v) is 6.21. The minimum atomic E-state index is -3.35. The quantitative estimate of drug-likeness (QED) is 0.808. The van der Waals surface area contributed by atoms with Crippen LogP contribution in [0.25, 0.3) is 0 Å². The molecule has 0 aromatic heterocycles. The van der Waals surface area contributed by atoms with Crippen LogP contribution >= 0.6 is 11.6 Å². The maximum atomic E-state index is 12.6. The molecule has 3 fully saturated rings. The predicted molar refractivity (Wildman–Crippen MR) is 89.6 cm³/mol. The van der Waals surface area contributed by atoms with Crippen LogP contribution in [0.15, 0.2) is 24.3 Å². The monoisotopic (exact) mass is 371 g/mol. The second-order valence-electron chi connectivity index (χ2n) is 6.65. The lowest BCUT2D eigenvalue weighted by Crippen LogP contribution is -2.57. The van der Waals surface area contributed by atoms with E-state index in [0.717, 1.165) is 0 Å². The lowest BCUT2D eigenvalue weighted by molar-refractivity contribution is -0.0932. The molecule has 3 aliphatic rings. The molecular formula is C15H18ClN3O4S. The molecule has 3 atom stereocenters. The third-order valence-electron chi connectivity index (χ3n) is 5.00. The van der Waals surface area contributed by atoms with Gasteiger partial charge in [0, 0.05) is 30.8 Å². The van der Waals surface area contributed by atoms with Crippen molar-refractivity contribution in [2.24, 2.45) is 0 Å². The summed E-state index contributed by atoms with van der Waals surface area (Å²) in [5.41, 5.74) is -0.209. The van der Waals surface area contributed by atoms with Crippen molar-refractivity contribution in [3.63, 3.8) is 0 Å². The van der Waals surface area contributed by atoms with Crippen molar-refractivity contribution in [1.29, 1.82) is 0 Å². The Balaban J connectivity index is 1.54. The van der Waals surface area contributed by atoms with Crippen molar-refractivity contribution in [2.45, 2.75) is 23.4 Å². The molecule has 0 aliphatic carbocycles. The van der Waals surface area contributed by atoms with E-state index in [9.17, 15) is 13.2 Å². The number of carbonyl (C=O) groups is 1. The Bertz CT molecular complexity index is 802. The Kier molecular flexibility index (Phi) is 3.58. The van der Waals surface area contributed by atoms with Gasteiger partial charge < -0.3 is 15.0 Å². The lowest BCUT2D eigenvalue weighted by Gasteiger charge is -2.39. The van der Waals surface area contributed by atoms with Gasteiger partial charge in [0.05, 0.1) is 12.6 Å². The first-order valence-electron chi connectivity index (χ1n) is 7.75. The first kappa shape index (κ1) is 16.1. The second-order valence-corrected chi connectivity index (χ2v) is 9.31. The average molecular weight is 372 g/mol. The summed E-state index contributed by atoms with van der Waals surface area (Å²) in [7, 11) is -1.79. The summed E-state index contributed by atoms with van der Waals surface area (Å²) in [6.45, 7) is 0.950. The highest BCUT2D eigenvalue weighted by molar-refractivity contribution is 7.90. The molecule has 0 saturated carbocycles. The Labute approximate surface area is 145 Å². The minimum Gasteiger partial charge on any atom is -0.365 e. The molecule has 1 aromatic rings. The van der Waals surface area contributed by atoms with Gasteiger partial charge in [0.25, 0.3) is 0 Å². The predicted octanol–water partition coefficient (Wildman–Crippen LogP) is 1.36. The molecule has 1 aromatic carbocycles. The average Bonchev–Trinajstić information content (AvgIpc) is 2.86.